The van der Waals surface area contributed by atoms with Gasteiger partial charge in [0.25, 0.3) is 5.69 Å². The molecule has 2 aliphatic heterocycles. The molecule has 1 saturated heterocycles. The summed E-state index contributed by atoms with van der Waals surface area (Å²) in [6.07, 6.45) is 0.313. The first kappa shape index (κ1) is 17.9. The van der Waals surface area contributed by atoms with E-state index in [2.05, 4.69) is 0 Å². The van der Waals surface area contributed by atoms with Crippen molar-refractivity contribution in [1.82, 2.24) is 4.90 Å². The van der Waals surface area contributed by atoms with Crippen LogP contribution in [0.3, 0.4) is 0 Å². The van der Waals surface area contributed by atoms with Crippen molar-refractivity contribution in [3.63, 3.8) is 0 Å². The van der Waals surface area contributed by atoms with Crippen LogP contribution in [0.5, 0.6) is 0 Å². The topological polar surface area (TPSA) is 116 Å². The van der Waals surface area contributed by atoms with Crippen molar-refractivity contribution in [2.24, 2.45) is 0 Å². The molecule has 0 bridgehead atoms. The summed E-state index contributed by atoms with van der Waals surface area (Å²) in [5.74, 6) is -1.38. The van der Waals surface area contributed by atoms with Crippen LogP contribution in [0.4, 0.5) is 5.69 Å². The Balaban J connectivity index is 1.69. The van der Waals surface area contributed by atoms with Gasteiger partial charge in [0.05, 0.1) is 21.6 Å². The van der Waals surface area contributed by atoms with Gasteiger partial charge < -0.3 is 9.47 Å². The van der Waals surface area contributed by atoms with E-state index in [-0.39, 0.29) is 35.9 Å². The zero-order valence-corrected chi connectivity index (χ0v) is 14.5. The van der Waals surface area contributed by atoms with Crippen molar-refractivity contribution in [3.05, 3.63) is 50.5 Å². The van der Waals surface area contributed by atoms with E-state index >= 15 is 0 Å². The molecule has 0 spiro atoms. The maximum absolute atomic E-state index is 12.4. The average Bonchev–Trinajstić information content (AvgIpc) is 2.90. The van der Waals surface area contributed by atoms with E-state index in [1.165, 1.54) is 47.9 Å². The summed E-state index contributed by atoms with van der Waals surface area (Å²) >= 11 is 1.30. The van der Waals surface area contributed by atoms with E-state index in [0.717, 1.165) is 0 Å². The highest BCUT2D eigenvalue weighted by Crippen LogP contribution is 2.46. The second-order valence-corrected chi connectivity index (χ2v) is 6.86. The number of esters is 2. The number of thioether (sulfide) groups is 1. The van der Waals surface area contributed by atoms with Gasteiger partial charge in [0.1, 0.15) is 18.9 Å². The maximum atomic E-state index is 12.4. The van der Waals surface area contributed by atoms with Crippen LogP contribution < -0.4 is 0 Å². The van der Waals surface area contributed by atoms with Crippen molar-refractivity contribution in [2.45, 2.75) is 25.3 Å². The molecular weight excluding hydrogens is 364 g/mol. The molecule has 0 aromatic heterocycles. The van der Waals surface area contributed by atoms with Gasteiger partial charge in [-0.2, -0.15) is 0 Å². The number of ether oxygens (including phenoxy) is 2. The van der Waals surface area contributed by atoms with E-state index in [1.54, 1.807) is 0 Å². The SMILES string of the molecule is CC(=O)OCC1=C(C(=O)OCc2ccc([N+](=O)[O-])cc2)N2C(=O)C[C@H]2S1. The molecular formula is C16H14N2O7S. The van der Waals surface area contributed by atoms with Crippen LogP contribution >= 0.6 is 11.8 Å². The van der Waals surface area contributed by atoms with Gasteiger partial charge in [0.15, 0.2) is 0 Å². The standard InChI is InChI=1S/C16H14N2O7S/c1-9(19)24-8-12-15(17-13(20)6-14(17)26-12)16(21)25-7-10-2-4-11(5-3-10)18(22)23/h2-5,14H,6-8H2,1H3/t14-/m1/s1. The Kier molecular flexibility index (Phi) is 4.94. The average molecular weight is 378 g/mol. The minimum Gasteiger partial charge on any atom is -0.460 e. The lowest BCUT2D eigenvalue weighted by molar-refractivity contribution is -0.384. The van der Waals surface area contributed by atoms with E-state index in [1.807, 2.05) is 0 Å². The van der Waals surface area contributed by atoms with Gasteiger partial charge in [0, 0.05) is 19.1 Å². The Morgan fingerprint density at radius 3 is 2.54 bits per heavy atom. The molecule has 1 aromatic rings. The Morgan fingerprint density at radius 1 is 1.27 bits per heavy atom. The van der Waals surface area contributed by atoms with Crippen LogP contribution in [0.2, 0.25) is 0 Å². The molecule has 10 heteroatoms. The zero-order chi connectivity index (χ0) is 18.8. The fourth-order valence-electron chi connectivity index (χ4n) is 2.52. The minimum atomic E-state index is -0.700. The summed E-state index contributed by atoms with van der Waals surface area (Å²) in [7, 11) is 0. The number of amides is 1. The largest absolute Gasteiger partial charge is 0.460 e. The van der Waals surface area contributed by atoms with Gasteiger partial charge in [0.2, 0.25) is 5.91 Å². The smallest absolute Gasteiger partial charge is 0.356 e. The van der Waals surface area contributed by atoms with Crippen molar-refractivity contribution in [1.29, 1.82) is 0 Å². The number of benzene rings is 1. The molecule has 1 fully saturated rings. The monoisotopic (exact) mass is 378 g/mol. The third kappa shape index (κ3) is 3.54. The molecule has 136 valence electrons. The predicted octanol–water partition coefficient (Wildman–Crippen LogP) is 1.72. The molecule has 3 rings (SSSR count). The van der Waals surface area contributed by atoms with Gasteiger partial charge in [-0.25, -0.2) is 4.79 Å². The lowest BCUT2D eigenvalue weighted by atomic mass is 10.1. The number of hydrogen-bond donors (Lipinski definition) is 0. The predicted molar refractivity (Wildman–Crippen MR) is 89.4 cm³/mol. The lowest BCUT2D eigenvalue weighted by Crippen LogP contribution is -2.48. The fraction of sp³-hybridized carbons (Fsp3) is 0.312. The molecule has 9 nitrogen and oxygen atoms in total. The summed E-state index contributed by atoms with van der Waals surface area (Å²) in [6.45, 7) is 1.06. The summed E-state index contributed by atoms with van der Waals surface area (Å²) in [5, 5.41) is 10.5. The highest BCUT2D eigenvalue weighted by molar-refractivity contribution is 8.04. The molecule has 1 amide bonds. The van der Waals surface area contributed by atoms with Crippen molar-refractivity contribution < 1.29 is 28.8 Å². The number of nitro benzene ring substituents is 1. The number of hydrogen-bond acceptors (Lipinski definition) is 8. The number of β-lactam (4-membered cyclic amide) rings is 1. The first-order valence-electron chi connectivity index (χ1n) is 7.62. The fourth-order valence-corrected chi connectivity index (χ4v) is 3.82. The quantitative estimate of drug-likeness (QED) is 0.318. The number of rotatable bonds is 6. The third-order valence-corrected chi connectivity index (χ3v) is 5.05. The summed E-state index contributed by atoms with van der Waals surface area (Å²) in [5.41, 5.74) is 0.607. The van der Waals surface area contributed by atoms with Crippen LogP contribution in [0, 0.1) is 10.1 Å². The van der Waals surface area contributed by atoms with Crippen molar-refractivity contribution >= 4 is 35.3 Å². The molecule has 0 saturated carbocycles. The molecule has 2 heterocycles. The molecule has 1 aromatic carbocycles. The summed E-state index contributed by atoms with van der Waals surface area (Å²) < 4.78 is 10.2. The number of carbonyl (C=O) groups excluding carboxylic acids is 3. The van der Waals surface area contributed by atoms with Crippen molar-refractivity contribution in [2.75, 3.05) is 6.61 Å². The molecule has 2 aliphatic rings. The van der Waals surface area contributed by atoms with Gasteiger partial charge in [-0.3, -0.25) is 24.6 Å². The lowest BCUT2D eigenvalue weighted by Gasteiger charge is -2.34. The Bertz CT molecular complexity index is 818. The Hall–Kier alpha value is -2.88. The number of carbonyl (C=O) groups is 3. The van der Waals surface area contributed by atoms with Crippen LogP contribution in [-0.4, -0.2) is 39.6 Å². The maximum Gasteiger partial charge on any atom is 0.356 e. The minimum absolute atomic E-state index is 0.0623. The second-order valence-electron chi connectivity index (χ2n) is 5.59. The summed E-state index contributed by atoms with van der Waals surface area (Å²) in [4.78, 5) is 47.2. The van der Waals surface area contributed by atoms with E-state index < -0.39 is 16.9 Å². The first-order chi connectivity index (χ1) is 12.4. The third-order valence-electron chi connectivity index (χ3n) is 3.81. The Labute approximate surface area is 152 Å². The highest BCUT2D eigenvalue weighted by Gasteiger charge is 2.49. The molecule has 0 unspecified atom stereocenters. The Morgan fingerprint density at radius 2 is 1.96 bits per heavy atom. The van der Waals surface area contributed by atoms with Crippen LogP contribution in [-0.2, 0) is 30.5 Å². The van der Waals surface area contributed by atoms with Gasteiger partial charge >= 0.3 is 11.9 Å². The van der Waals surface area contributed by atoms with Crippen molar-refractivity contribution in [3.8, 4) is 0 Å². The number of nitro groups is 1. The second kappa shape index (κ2) is 7.16. The van der Waals surface area contributed by atoms with E-state index in [4.69, 9.17) is 9.47 Å². The van der Waals surface area contributed by atoms with E-state index in [0.29, 0.717) is 16.9 Å². The molecule has 1 atom stereocenters. The van der Waals surface area contributed by atoms with E-state index in [9.17, 15) is 24.5 Å². The van der Waals surface area contributed by atoms with Crippen LogP contribution in [0.25, 0.3) is 0 Å². The molecule has 0 N–H and O–H groups in total. The number of fused-ring (bicyclic) bond motifs is 1. The number of nitrogens with zero attached hydrogens (tertiary/aromatic N) is 2. The van der Waals surface area contributed by atoms with Gasteiger partial charge in [-0.1, -0.05) is 11.8 Å². The van der Waals surface area contributed by atoms with Gasteiger partial charge in [-0.15, -0.1) is 0 Å². The first-order valence-corrected chi connectivity index (χ1v) is 8.50. The van der Waals surface area contributed by atoms with Gasteiger partial charge in [-0.05, 0) is 17.7 Å². The molecule has 0 radical (unpaired) electrons. The molecule has 26 heavy (non-hydrogen) atoms. The normalized spacial score (nSPS) is 18.3. The highest BCUT2D eigenvalue weighted by atomic mass is 32.2. The molecule has 0 aliphatic carbocycles. The van der Waals surface area contributed by atoms with Crippen LogP contribution in [0.1, 0.15) is 18.9 Å². The summed E-state index contributed by atoms with van der Waals surface area (Å²) in [6, 6.07) is 5.60. The van der Waals surface area contributed by atoms with Crippen LogP contribution in [0.15, 0.2) is 34.9 Å². The number of non-ortho nitro benzene ring substituents is 1. The zero-order valence-electron chi connectivity index (χ0n) is 13.7.